The first kappa shape index (κ1) is 19.1. The van der Waals surface area contributed by atoms with E-state index in [0.29, 0.717) is 22.6 Å². The van der Waals surface area contributed by atoms with Crippen molar-refractivity contribution in [1.82, 2.24) is 0 Å². The van der Waals surface area contributed by atoms with Gasteiger partial charge in [-0.2, -0.15) is 0 Å². The van der Waals surface area contributed by atoms with E-state index in [9.17, 15) is 9.18 Å². The second-order valence-corrected chi connectivity index (χ2v) is 5.84. The lowest BCUT2D eigenvalue weighted by atomic mass is 10.2. The smallest absolute Gasteiger partial charge is 0.265 e. The van der Waals surface area contributed by atoms with Crippen molar-refractivity contribution in [2.24, 2.45) is 5.16 Å². The molecule has 0 heterocycles. The molecule has 1 N–H and O–H groups in total. The van der Waals surface area contributed by atoms with E-state index in [1.165, 1.54) is 12.3 Å². The van der Waals surface area contributed by atoms with Crippen molar-refractivity contribution in [2.45, 2.75) is 6.61 Å². The van der Waals surface area contributed by atoms with Crippen LogP contribution in [0.5, 0.6) is 5.75 Å². The molecule has 0 atom stereocenters. The Labute approximate surface area is 162 Å². The average Bonchev–Trinajstić information content (AvgIpc) is 2.72. The number of para-hydroxylation sites is 2. The summed E-state index contributed by atoms with van der Waals surface area (Å²) in [6.07, 6.45) is 1.45. The molecule has 0 aliphatic rings. The number of rotatable bonds is 8. The van der Waals surface area contributed by atoms with Crippen molar-refractivity contribution < 1.29 is 18.8 Å². The van der Waals surface area contributed by atoms with E-state index >= 15 is 0 Å². The molecular weight excluding hydrogens is 359 g/mol. The van der Waals surface area contributed by atoms with Gasteiger partial charge in [-0.05, 0) is 30.3 Å². The molecule has 5 nitrogen and oxygen atoms in total. The number of hydrogen-bond donors (Lipinski definition) is 1. The number of nitrogens with one attached hydrogen (secondary N) is 1. The lowest BCUT2D eigenvalue weighted by molar-refractivity contribution is -0.120. The molecule has 3 aromatic carbocycles. The Hall–Kier alpha value is -3.67. The maximum absolute atomic E-state index is 13.7. The van der Waals surface area contributed by atoms with E-state index < -0.39 is 0 Å². The van der Waals surface area contributed by atoms with Gasteiger partial charge in [-0.3, -0.25) is 4.79 Å². The van der Waals surface area contributed by atoms with E-state index in [1.54, 1.807) is 42.5 Å². The SMILES string of the molecule is O=C(CO/N=C/c1ccccc1OCc1ccccc1F)Nc1ccccc1. The van der Waals surface area contributed by atoms with Crippen LogP contribution in [-0.4, -0.2) is 18.7 Å². The molecule has 3 rings (SSSR count). The van der Waals surface area contributed by atoms with Crippen molar-refractivity contribution in [1.29, 1.82) is 0 Å². The highest BCUT2D eigenvalue weighted by Crippen LogP contribution is 2.18. The minimum absolute atomic E-state index is 0.0951. The number of hydrogen-bond acceptors (Lipinski definition) is 4. The summed E-state index contributed by atoms with van der Waals surface area (Å²) in [5, 5.41) is 6.51. The fraction of sp³-hybridized carbons (Fsp3) is 0.0909. The first-order chi connectivity index (χ1) is 13.7. The summed E-state index contributed by atoms with van der Waals surface area (Å²) in [6.45, 7) is -0.124. The van der Waals surface area contributed by atoms with Crippen LogP contribution < -0.4 is 10.1 Å². The minimum Gasteiger partial charge on any atom is -0.488 e. The summed E-state index contributed by atoms with van der Waals surface area (Å²) in [6, 6.07) is 22.7. The van der Waals surface area contributed by atoms with Crippen LogP contribution in [0.15, 0.2) is 84.0 Å². The molecule has 3 aromatic rings. The third-order valence-electron chi connectivity index (χ3n) is 3.78. The quantitative estimate of drug-likeness (QED) is 0.467. The normalized spacial score (nSPS) is 10.6. The molecule has 0 radical (unpaired) electrons. The third kappa shape index (κ3) is 5.67. The van der Waals surface area contributed by atoms with Crippen LogP contribution in [0.25, 0.3) is 0 Å². The Kier molecular flexibility index (Phi) is 6.73. The number of carbonyl (C=O) groups is 1. The van der Waals surface area contributed by atoms with Gasteiger partial charge in [0.2, 0.25) is 0 Å². The molecule has 0 saturated carbocycles. The summed E-state index contributed by atoms with van der Waals surface area (Å²) < 4.78 is 19.4. The van der Waals surface area contributed by atoms with Gasteiger partial charge in [-0.25, -0.2) is 4.39 Å². The van der Waals surface area contributed by atoms with Crippen LogP contribution in [0.1, 0.15) is 11.1 Å². The Bertz CT molecular complexity index is 945. The van der Waals surface area contributed by atoms with E-state index in [4.69, 9.17) is 9.57 Å². The predicted octanol–water partition coefficient (Wildman–Crippen LogP) is 4.39. The lowest BCUT2D eigenvalue weighted by Gasteiger charge is -2.09. The molecule has 0 aliphatic heterocycles. The second-order valence-electron chi connectivity index (χ2n) is 5.84. The monoisotopic (exact) mass is 378 g/mol. The zero-order chi connectivity index (χ0) is 19.6. The van der Waals surface area contributed by atoms with Gasteiger partial charge >= 0.3 is 0 Å². The first-order valence-corrected chi connectivity index (χ1v) is 8.68. The highest BCUT2D eigenvalue weighted by Gasteiger charge is 2.05. The number of carbonyl (C=O) groups excluding carboxylic acids is 1. The Morgan fingerprint density at radius 3 is 2.50 bits per heavy atom. The van der Waals surface area contributed by atoms with Gasteiger partial charge < -0.3 is 14.9 Å². The average molecular weight is 378 g/mol. The number of nitrogens with zero attached hydrogens (tertiary/aromatic N) is 1. The highest BCUT2D eigenvalue weighted by molar-refractivity contribution is 5.91. The van der Waals surface area contributed by atoms with E-state index in [2.05, 4.69) is 10.5 Å². The summed E-state index contributed by atoms with van der Waals surface area (Å²) in [5.74, 6) is -0.0966. The molecule has 6 heteroatoms. The van der Waals surface area contributed by atoms with Crippen LogP contribution in [0, 0.1) is 5.82 Å². The number of ether oxygens (including phenoxy) is 1. The zero-order valence-electron chi connectivity index (χ0n) is 15.0. The van der Waals surface area contributed by atoms with Crippen LogP contribution in [0.3, 0.4) is 0 Å². The number of amides is 1. The van der Waals surface area contributed by atoms with Gasteiger partial charge in [0.05, 0.1) is 6.21 Å². The van der Waals surface area contributed by atoms with Gasteiger partial charge in [0.25, 0.3) is 5.91 Å². The van der Waals surface area contributed by atoms with Crippen LogP contribution in [0.4, 0.5) is 10.1 Å². The van der Waals surface area contributed by atoms with Crippen molar-refractivity contribution in [3.8, 4) is 5.75 Å². The minimum atomic E-state index is -0.318. The zero-order valence-corrected chi connectivity index (χ0v) is 15.0. The first-order valence-electron chi connectivity index (χ1n) is 8.68. The molecule has 0 spiro atoms. The Morgan fingerprint density at radius 2 is 1.68 bits per heavy atom. The molecule has 0 saturated heterocycles. The van der Waals surface area contributed by atoms with Gasteiger partial charge in [0.15, 0.2) is 6.61 Å². The number of oxime groups is 1. The number of benzene rings is 3. The van der Waals surface area contributed by atoms with Gasteiger partial charge in [0.1, 0.15) is 18.2 Å². The van der Waals surface area contributed by atoms with Crippen LogP contribution in [0.2, 0.25) is 0 Å². The summed E-state index contributed by atoms with van der Waals surface area (Å²) >= 11 is 0. The number of halogens is 1. The fourth-order valence-electron chi connectivity index (χ4n) is 2.40. The molecule has 0 fully saturated rings. The van der Waals surface area contributed by atoms with Gasteiger partial charge in [-0.1, -0.05) is 53.7 Å². The topological polar surface area (TPSA) is 59.9 Å². The highest BCUT2D eigenvalue weighted by atomic mass is 19.1. The van der Waals surface area contributed by atoms with Crippen LogP contribution >= 0.6 is 0 Å². The lowest BCUT2D eigenvalue weighted by Crippen LogP contribution is -2.16. The van der Waals surface area contributed by atoms with Crippen molar-refractivity contribution in [3.05, 3.63) is 95.8 Å². The summed E-state index contributed by atoms with van der Waals surface area (Å²) in [4.78, 5) is 16.9. The molecule has 28 heavy (non-hydrogen) atoms. The molecule has 142 valence electrons. The molecule has 0 aromatic heterocycles. The van der Waals surface area contributed by atoms with E-state index in [-0.39, 0.29) is 24.9 Å². The van der Waals surface area contributed by atoms with Crippen molar-refractivity contribution in [2.75, 3.05) is 11.9 Å². The molecule has 0 unspecified atom stereocenters. The molecule has 0 bridgehead atoms. The largest absolute Gasteiger partial charge is 0.488 e. The van der Waals surface area contributed by atoms with Crippen molar-refractivity contribution >= 4 is 17.8 Å². The fourth-order valence-corrected chi connectivity index (χ4v) is 2.40. The summed E-state index contributed by atoms with van der Waals surface area (Å²) in [5.41, 5.74) is 1.80. The third-order valence-corrected chi connectivity index (χ3v) is 3.78. The Morgan fingerprint density at radius 1 is 0.964 bits per heavy atom. The standard InChI is InChI=1S/C22H19FN2O3/c23-20-12-6-4-9-18(20)15-27-21-13-7-5-8-17(21)14-24-28-16-22(26)25-19-10-2-1-3-11-19/h1-14H,15-16H2,(H,25,26)/b24-14+. The van der Waals surface area contributed by atoms with E-state index in [0.717, 1.165) is 0 Å². The predicted molar refractivity (Wildman–Crippen MR) is 106 cm³/mol. The Balaban J connectivity index is 1.52. The van der Waals surface area contributed by atoms with Crippen molar-refractivity contribution in [3.63, 3.8) is 0 Å². The molecule has 0 aliphatic carbocycles. The summed E-state index contributed by atoms with van der Waals surface area (Å²) in [7, 11) is 0. The van der Waals surface area contributed by atoms with E-state index in [1.807, 2.05) is 30.3 Å². The van der Waals surface area contributed by atoms with Gasteiger partial charge in [-0.15, -0.1) is 0 Å². The molecular formula is C22H19FN2O3. The second kappa shape index (κ2) is 9.87. The number of anilines is 1. The maximum atomic E-state index is 13.7. The van der Waals surface area contributed by atoms with Gasteiger partial charge in [0, 0.05) is 16.8 Å². The maximum Gasteiger partial charge on any atom is 0.265 e. The van der Waals surface area contributed by atoms with Crippen LogP contribution in [-0.2, 0) is 16.2 Å². The molecule has 1 amide bonds.